The van der Waals surface area contributed by atoms with Crippen molar-refractivity contribution < 1.29 is 14.3 Å². The van der Waals surface area contributed by atoms with Crippen molar-refractivity contribution in [3.8, 4) is 0 Å². The molecular weight excluding hydrogens is 264 g/mol. The van der Waals surface area contributed by atoms with Crippen LogP contribution >= 0.6 is 11.3 Å². The van der Waals surface area contributed by atoms with Gasteiger partial charge >= 0.3 is 5.97 Å². The van der Waals surface area contributed by atoms with E-state index in [1.807, 2.05) is 12.3 Å². The van der Waals surface area contributed by atoms with E-state index >= 15 is 0 Å². The molecule has 1 rings (SSSR count). The number of amides is 1. The molecule has 1 heterocycles. The summed E-state index contributed by atoms with van der Waals surface area (Å²) in [5, 5.41) is 5.53. The smallest absolute Gasteiger partial charge is 0.306 e. The number of hydrogen-bond donors (Lipinski definition) is 1. The van der Waals surface area contributed by atoms with Crippen LogP contribution in [0.1, 0.15) is 44.3 Å². The lowest BCUT2D eigenvalue weighted by atomic mass is 10.2. The first-order chi connectivity index (χ1) is 8.76. The van der Waals surface area contributed by atoms with Gasteiger partial charge in [0.2, 0.25) is 5.91 Å². The van der Waals surface area contributed by atoms with Gasteiger partial charge in [-0.2, -0.15) is 0 Å². The van der Waals surface area contributed by atoms with Crippen molar-refractivity contribution in [2.45, 2.75) is 52.7 Å². The average Bonchev–Trinajstić information content (AvgIpc) is 2.67. The minimum absolute atomic E-state index is 0.0972. The highest BCUT2D eigenvalue weighted by Gasteiger charge is 2.17. The van der Waals surface area contributed by atoms with Gasteiger partial charge in [-0.25, -0.2) is 4.98 Å². The lowest BCUT2D eigenvalue weighted by Gasteiger charge is -2.19. The molecule has 5 nitrogen and oxygen atoms in total. The van der Waals surface area contributed by atoms with Gasteiger partial charge < -0.3 is 10.1 Å². The lowest BCUT2D eigenvalue weighted by Crippen LogP contribution is -2.26. The SMILES string of the molecule is Cc1csc(CNC(=O)CCC(=O)OC(C)(C)C)n1. The Hall–Kier alpha value is -1.43. The summed E-state index contributed by atoms with van der Waals surface area (Å²) in [6.45, 7) is 7.72. The molecule has 1 aromatic rings. The van der Waals surface area contributed by atoms with Crippen LogP contribution in [0.2, 0.25) is 0 Å². The third-order valence-electron chi connectivity index (χ3n) is 2.08. The van der Waals surface area contributed by atoms with Crippen molar-refractivity contribution in [2.24, 2.45) is 0 Å². The minimum atomic E-state index is -0.508. The number of carbonyl (C=O) groups excluding carboxylic acids is 2. The number of carbonyl (C=O) groups is 2. The zero-order valence-corrected chi connectivity index (χ0v) is 12.6. The standard InChI is InChI=1S/C13H20N2O3S/c1-9-8-19-11(15-9)7-14-10(16)5-6-12(17)18-13(2,3)4/h8H,5-7H2,1-4H3,(H,14,16). The number of esters is 1. The maximum absolute atomic E-state index is 11.6. The molecule has 0 unspecified atom stereocenters. The van der Waals surface area contributed by atoms with Crippen LogP contribution in [0.5, 0.6) is 0 Å². The Balaban J connectivity index is 2.23. The molecule has 0 saturated carbocycles. The van der Waals surface area contributed by atoms with E-state index in [0.717, 1.165) is 10.7 Å². The second-order valence-corrected chi connectivity index (χ2v) is 6.19. The van der Waals surface area contributed by atoms with E-state index in [1.54, 1.807) is 20.8 Å². The fraction of sp³-hybridized carbons (Fsp3) is 0.615. The quantitative estimate of drug-likeness (QED) is 0.842. The number of aryl methyl sites for hydroxylation is 1. The number of nitrogens with one attached hydrogen (secondary N) is 1. The number of ether oxygens (including phenoxy) is 1. The predicted molar refractivity (Wildman–Crippen MR) is 73.8 cm³/mol. The van der Waals surface area contributed by atoms with E-state index in [4.69, 9.17) is 4.74 Å². The molecule has 0 radical (unpaired) electrons. The molecule has 0 aromatic carbocycles. The normalized spacial score (nSPS) is 11.2. The van der Waals surface area contributed by atoms with Gasteiger partial charge in [0.25, 0.3) is 0 Å². The summed E-state index contributed by atoms with van der Waals surface area (Å²) in [4.78, 5) is 27.2. The van der Waals surface area contributed by atoms with Gasteiger partial charge in [0, 0.05) is 17.5 Å². The summed E-state index contributed by atoms with van der Waals surface area (Å²) >= 11 is 1.51. The summed E-state index contributed by atoms with van der Waals surface area (Å²) < 4.78 is 5.12. The maximum Gasteiger partial charge on any atom is 0.306 e. The zero-order valence-electron chi connectivity index (χ0n) is 11.8. The van der Waals surface area contributed by atoms with Gasteiger partial charge in [-0.15, -0.1) is 11.3 Å². The summed E-state index contributed by atoms with van der Waals surface area (Å²) in [6.07, 6.45) is 0.235. The molecule has 0 spiro atoms. The second kappa shape index (κ2) is 6.65. The molecule has 0 aliphatic carbocycles. The second-order valence-electron chi connectivity index (χ2n) is 5.25. The van der Waals surface area contributed by atoms with E-state index in [2.05, 4.69) is 10.3 Å². The molecule has 1 aromatic heterocycles. The van der Waals surface area contributed by atoms with Gasteiger partial charge in [0.15, 0.2) is 0 Å². The molecule has 0 aliphatic rings. The first kappa shape index (κ1) is 15.6. The molecule has 1 N–H and O–H groups in total. The van der Waals surface area contributed by atoms with Gasteiger partial charge in [-0.3, -0.25) is 9.59 Å². The molecule has 19 heavy (non-hydrogen) atoms. The summed E-state index contributed by atoms with van der Waals surface area (Å²) in [7, 11) is 0. The predicted octanol–water partition coefficient (Wildman–Crippen LogP) is 2.19. The van der Waals surface area contributed by atoms with Crippen LogP contribution < -0.4 is 5.32 Å². The molecule has 0 saturated heterocycles. The van der Waals surface area contributed by atoms with Crippen molar-refractivity contribution in [3.05, 3.63) is 16.1 Å². The molecule has 1 amide bonds. The Morgan fingerprint density at radius 3 is 2.58 bits per heavy atom. The van der Waals surface area contributed by atoms with Crippen molar-refractivity contribution in [1.82, 2.24) is 10.3 Å². The largest absolute Gasteiger partial charge is 0.460 e. The summed E-state index contributed by atoms with van der Waals surface area (Å²) in [5.41, 5.74) is 0.439. The zero-order chi connectivity index (χ0) is 14.5. The van der Waals surface area contributed by atoms with E-state index in [-0.39, 0.29) is 24.7 Å². The third kappa shape index (κ3) is 6.91. The van der Waals surface area contributed by atoms with Crippen LogP contribution in [-0.4, -0.2) is 22.5 Å². The fourth-order valence-electron chi connectivity index (χ4n) is 1.35. The highest BCUT2D eigenvalue weighted by Crippen LogP contribution is 2.10. The fourth-order valence-corrected chi connectivity index (χ4v) is 2.07. The Kier molecular flexibility index (Phi) is 5.47. The summed E-state index contributed by atoms with van der Waals surface area (Å²) in [6, 6.07) is 0. The lowest BCUT2D eigenvalue weighted by molar-refractivity contribution is -0.155. The number of thiazole rings is 1. The van der Waals surface area contributed by atoms with Crippen molar-refractivity contribution in [1.29, 1.82) is 0 Å². The first-order valence-electron chi connectivity index (χ1n) is 6.16. The number of hydrogen-bond acceptors (Lipinski definition) is 5. The van der Waals surface area contributed by atoms with Gasteiger partial charge in [0.1, 0.15) is 10.6 Å². The van der Waals surface area contributed by atoms with Crippen LogP contribution in [0.3, 0.4) is 0 Å². The van der Waals surface area contributed by atoms with Gasteiger partial charge in [-0.1, -0.05) is 0 Å². The van der Waals surface area contributed by atoms with Crippen LogP contribution in [0.25, 0.3) is 0 Å². The summed E-state index contributed by atoms with van der Waals surface area (Å²) in [5.74, 6) is -0.522. The molecule has 0 fully saturated rings. The van der Waals surface area contributed by atoms with Crippen molar-refractivity contribution >= 4 is 23.2 Å². The Bertz CT molecular complexity index is 449. The molecular formula is C13H20N2O3S. The topological polar surface area (TPSA) is 68.3 Å². The van der Waals surface area contributed by atoms with Crippen LogP contribution in [0.4, 0.5) is 0 Å². The van der Waals surface area contributed by atoms with Crippen molar-refractivity contribution in [2.75, 3.05) is 0 Å². The Labute approximate surface area is 117 Å². The highest BCUT2D eigenvalue weighted by molar-refractivity contribution is 7.09. The monoisotopic (exact) mass is 284 g/mol. The minimum Gasteiger partial charge on any atom is -0.460 e. The molecule has 106 valence electrons. The van der Waals surface area contributed by atoms with Crippen molar-refractivity contribution in [3.63, 3.8) is 0 Å². The number of nitrogens with zero attached hydrogens (tertiary/aromatic N) is 1. The van der Waals surface area contributed by atoms with E-state index in [9.17, 15) is 9.59 Å². The van der Waals surface area contributed by atoms with E-state index < -0.39 is 5.60 Å². The van der Waals surface area contributed by atoms with Gasteiger partial charge in [0.05, 0.1) is 13.0 Å². The van der Waals surface area contributed by atoms with E-state index in [1.165, 1.54) is 11.3 Å². The van der Waals surface area contributed by atoms with E-state index in [0.29, 0.717) is 6.54 Å². The first-order valence-corrected chi connectivity index (χ1v) is 7.04. The molecule has 6 heteroatoms. The molecule has 0 bridgehead atoms. The Morgan fingerprint density at radius 1 is 1.37 bits per heavy atom. The van der Waals surface area contributed by atoms with Gasteiger partial charge in [-0.05, 0) is 27.7 Å². The highest BCUT2D eigenvalue weighted by atomic mass is 32.1. The molecule has 0 aliphatic heterocycles. The van der Waals surface area contributed by atoms with Crippen LogP contribution in [-0.2, 0) is 20.9 Å². The maximum atomic E-state index is 11.6. The number of aromatic nitrogens is 1. The number of rotatable bonds is 5. The average molecular weight is 284 g/mol. The third-order valence-corrected chi connectivity index (χ3v) is 3.05. The van der Waals surface area contributed by atoms with Crippen LogP contribution in [0, 0.1) is 6.92 Å². The van der Waals surface area contributed by atoms with Crippen LogP contribution in [0.15, 0.2) is 5.38 Å². The Morgan fingerprint density at radius 2 is 2.05 bits per heavy atom. The molecule has 0 atom stereocenters.